The van der Waals surface area contributed by atoms with Crippen LogP contribution in [0.4, 0.5) is 5.82 Å². The van der Waals surface area contributed by atoms with Gasteiger partial charge >= 0.3 is 0 Å². The SMILES string of the molecule is CCCNc1ncccc1CSC(C)CCO. The van der Waals surface area contributed by atoms with Crippen LogP contribution in [0.2, 0.25) is 0 Å². The monoisotopic (exact) mass is 254 g/mol. The Balaban J connectivity index is 2.51. The van der Waals surface area contributed by atoms with Gasteiger partial charge < -0.3 is 10.4 Å². The zero-order valence-corrected chi connectivity index (χ0v) is 11.5. The molecule has 3 nitrogen and oxygen atoms in total. The summed E-state index contributed by atoms with van der Waals surface area (Å²) in [7, 11) is 0. The Morgan fingerprint density at radius 1 is 1.53 bits per heavy atom. The average Bonchev–Trinajstić information content (AvgIpc) is 2.35. The van der Waals surface area contributed by atoms with Gasteiger partial charge in [0.15, 0.2) is 0 Å². The van der Waals surface area contributed by atoms with Crippen molar-refractivity contribution in [3.63, 3.8) is 0 Å². The molecule has 17 heavy (non-hydrogen) atoms. The van der Waals surface area contributed by atoms with Crippen LogP contribution in [-0.2, 0) is 5.75 Å². The number of aliphatic hydroxyl groups is 1. The highest BCUT2D eigenvalue weighted by molar-refractivity contribution is 7.99. The standard InChI is InChI=1S/C13H22N2OS/c1-3-7-14-13-12(5-4-8-15-13)10-17-11(2)6-9-16/h4-5,8,11,16H,3,6-7,9-10H2,1-2H3,(H,14,15). The third-order valence-electron chi connectivity index (χ3n) is 2.49. The number of aromatic nitrogens is 1. The van der Waals surface area contributed by atoms with Crippen LogP contribution in [-0.4, -0.2) is 28.5 Å². The van der Waals surface area contributed by atoms with E-state index in [4.69, 9.17) is 5.11 Å². The zero-order valence-electron chi connectivity index (χ0n) is 10.6. The molecule has 0 bridgehead atoms. The maximum Gasteiger partial charge on any atom is 0.129 e. The largest absolute Gasteiger partial charge is 0.396 e. The number of hydrogen-bond acceptors (Lipinski definition) is 4. The van der Waals surface area contributed by atoms with Gasteiger partial charge in [-0.15, -0.1) is 0 Å². The number of nitrogens with one attached hydrogen (secondary N) is 1. The average molecular weight is 254 g/mol. The van der Waals surface area contributed by atoms with E-state index in [2.05, 4.69) is 30.2 Å². The van der Waals surface area contributed by atoms with E-state index in [9.17, 15) is 0 Å². The van der Waals surface area contributed by atoms with Gasteiger partial charge in [-0.3, -0.25) is 0 Å². The molecular formula is C13H22N2OS. The summed E-state index contributed by atoms with van der Waals surface area (Å²) >= 11 is 1.86. The number of pyridine rings is 1. The van der Waals surface area contributed by atoms with E-state index in [0.717, 1.165) is 31.0 Å². The van der Waals surface area contributed by atoms with Gasteiger partial charge in [0.1, 0.15) is 5.82 Å². The Labute approximate surface area is 108 Å². The van der Waals surface area contributed by atoms with Crippen molar-refractivity contribution >= 4 is 17.6 Å². The number of hydrogen-bond donors (Lipinski definition) is 2. The summed E-state index contributed by atoms with van der Waals surface area (Å²) in [6, 6.07) is 4.09. The van der Waals surface area contributed by atoms with Crippen LogP contribution in [0.15, 0.2) is 18.3 Å². The Morgan fingerprint density at radius 3 is 3.06 bits per heavy atom. The minimum Gasteiger partial charge on any atom is -0.396 e. The first-order valence-corrected chi connectivity index (χ1v) is 7.23. The van der Waals surface area contributed by atoms with Crippen LogP contribution < -0.4 is 5.32 Å². The molecule has 4 heteroatoms. The number of aliphatic hydroxyl groups excluding tert-OH is 1. The van der Waals surface area contributed by atoms with Gasteiger partial charge in [0.05, 0.1) is 0 Å². The lowest BCUT2D eigenvalue weighted by Gasteiger charge is -2.12. The minimum atomic E-state index is 0.266. The van der Waals surface area contributed by atoms with Gasteiger partial charge in [-0.25, -0.2) is 4.98 Å². The lowest BCUT2D eigenvalue weighted by atomic mass is 10.3. The minimum absolute atomic E-state index is 0.266. The highest BCUT2D eigenvalue weighted by atomic mass is 32.2. The summed E-state index contributed by atoms with van der Waals surface area (Å²) in [5, 5.41) is 12.7. The molecule has 1 heterocycles. The van der Waals surface area contributed by atoms with Crippen molar-refractivity contribution in [2.24, 2.45) is 0 Å². The van der Waals surface area contributed by atoms with Crippen LogP contribution >= 0.6 is 11.8 Å². The van der Waals surface area contributed by atoms with Gasteiger partial charge in [0.25, 0.3) is 0 Å². The highest BCUT2D eigenvalue weighted by Crippen LogP contribution is 2.23. The Hall–Kier alpha value is -0.740. The maximum atomic E-state index is 8.87. The molecule has 0 fully saturated rings. The Bertz CT molecular complexity index is 320. The normalized spacial score (nSPS) is 12.4. The van der Waals surface area contributed by atoms with Gasteiger partial charge in [0.2, 0.25) is 0 Å². The van der Waals surface area contributed by atoms with Gasteiger partial charge in [-0.1, -0.05) is 19.9 Å². The second-order valence-corrected chi connectivity index (χ2v) is 5.50. The van der Waals surface area contributed by atoms with Gasteiger partial charge in [-0.2, -0.15) is 11.8 Å². The van der Waals surface area contributed by atoms with Crippen molar-refractivity contribution in [1.82, 2.24) is 4.98 Å². The molecule has 1 rings (SSSR count). The number of thioether (sulfide) groups is 1. The molecule has 0 spiro atoms. The quantitative estimate of drug-likeness (QED) is 0.749. The van der Waals surface area contributed by atoms with Gasteiger partial charge in [0, 0.05) is 35.9 Å². The third-order valence-corrected chi connectivity index (χ3v) is 3.78. The van der Waals surface area contributed by atoms with Crippen LogP contribution in [0.1, 0.15) is 32.3 Å². The summed E-state index contributed by atoms with van der Waals surface area (Å²) < 4.78 is 0. The molecule has 0 radical (unpaired) electrons. The molecule has 0 aromatic carbocycles. The molecule has 1 aromatic heterocycles. The predicted molar refractivity (Wildman–Crippen MR) is 75.5 cm³/mol. The molecule has 0 saturated heterocycles. The summed E-state index contributed by atoms with van der Waals surface area (Å²) in [4.78, 5) is 4.37. The number of rotatable bonds is 8. The second-order valence-electron chi connectivity index (χ2n) is 4.07. The van der Waals surface area contributed by atoms with E-state index in [1.807, 2.05) is 24.0 Å². The predicted octanol–water partition coefficient (Wildman–Crippen LogP) is 2.91. The topological polar surface area (TPSA) is 45.2 Å². The van der Waals surface area contributed by atoms with Crippen molar-refractivity contribution in [3.05, 3.63) is 23.9 Å². The van der Waals surface area contributed by atoms with Crippen LogP contribution in [0, 0.1) is 0 Å². The molecule has 1 aromatic rings. The first kappa shape index (κ1) is 14.3. The molecule has 0 saturated carbocycles. The van der Waals surface area contributed by atoms with E-state index in [1.54, 1.807) is 0 Å². The summed E-state index contributed by atoms with van der Waals surface area (Å²) in [5.74, 6) is 1.94. The van der Waals surface area contributed by atoms with E-state index in [1.165, 1.54) is 5.56 Å². The fourth-order valence-corrected chi connectivity index (χ4v) is 2.42. The Kier molecular flexibility index (Phi) is 7.05. The highest BCUT2D eigenvalue weighted by Gasteiger charge is 2.06. The molecule has 1 atom stereocenters. The summed E-state index contributed by atoms with van der Waals surface area (Å²) in [6.07, 6.45) is 3.77. The summed E-state index contributed by atoms with van der Waals surface area (Å²) in [6.45, 7) is 5.52. The van der Waals surface area contributed by atoms with Crippen molar-refractivity contribution in [2.45, 2.75) is 37.7 Å². The number of nitrogens with zero attached hydrogens (tertiary/aromatic N) is 1. The van der Waals surface area contributed by atoms with Crippen molar-refractivity contribution in [3.8, 4) is 0 Å². The molecule has 0 aliphatic rings. The third kappa shape index (κ3) is 5.41. The van der Waals surface area contributed by atoms with Crippen LogP contribution in [0.3, 0.4) is 0 Å². The van der Waals surface area contributed by atoms with E-state index in [0.29, 0.717) is 5.25 Å². The first-order chi connectivity index (χ1) is 8.27. The molecule has 1 unspecified atom stereocenters. The van der Waals surface area contributed by atoms with E-state index < -0.39 is 0 Å². The zero-order chi connectivity index (χ0) is 12.5. The lowest BCUT2D eigenvalue weighted by molar-refractivity contribution is 0.289. The van der Waals surface area contributed by atoms with Crippen LogP contribution in [0.5, 0.6) is 0 Å². The summed E-state index contributed by atoms with van der Waals surface area (Å²) in [5.41, 5.74) is 1.25. The molecule has 0 aliphatic carbocycles. The van der Waals surface area contributed by atoms with Crippen molar-refractivity contribution in [2.75, 3.05) is 18.5 Å². The van der Waals surface area contributed by atoms with Crippen LogP contribution in [0.25, 0.3) is 0 Å². The van der Waals surface area contributed by atoms with Crippen molar-refractivity contribution in [1.29, 1.82) is 0 Å². The lowest BCUT2D eigenvalue weighted by Crippen LogP contribution is -2.06. The molecular weight excluding hydrogens is 232 g/mol. The molecule has 0 aliphatic heterocycles. The number of anilines is 1. The molecule has 0 amide bonds. The first-order valence-electron chi connectivity index (χ1n) is 6.18. The smallest absolute Gasteiger partial charge is 0.129 e. The van der Waals surface area contributed by atoms with E-state index in [-0.39, 0.29) is 6.61 Å². The van der Waals surface area contributed by atoms with Crippen molar-refractivity contribution < 1.29 is 5.11 Å². The Morgan fingerprint density at radius 2 is 2.35 bits per heavy atom. The molecule has 2 N–H and O–H groups in total. The fraction of sp³-hybridized carbons (Fsp3) is 0.615. The maximum absolute atomic E-state index is 8.87. The fourth-order valence-electron chi connectivity index (χ4n) is 1.45. The molecule has 96 valence electrons. The second kappa shape index (κ2) is 8.37. The van der Waals surface area contributed by atoms with E-state index >= 15 is 0 Å². The van der Waals surface area contributed by atoms with Gasteiger partial charge in [-0.05, 0) is 18.9 Å².